The molecule has 2 N–H and O–H groups in total. The summed E-state index contributed by atoms with van der Waals surface area (Å²) in [6.45, 7) is 3.50. The third-order valence-corrected chi connectivity index (χ3v) is 3.25. The second kappa shape index (κ2) is 6.70. The summed E-state index contributed by atoms with van der Waals surface area (Å²) >= 11 is 5.87. The van der Waals surface area contributed by atoms with Gasteiger partial charge in [0.25, 0.3) is 0 Å². The Hall–Kier alpha value is -1.36. The van der Waals surface area contributed by atoms with Crippen LogP contribution in [0.1, 0.15) is 24.1 Å². The number of halogens is 1. The highest BCUT2D eigenvalue weighted by Crippen LogP contribution is 2.16. The first-order valence-electron chi connectivity index (χ1n) is 6.30. The summed E-state index contributed by atoms with van der Waals surface area (Å²) in [4.78, 5) is 0. The maximum Gasteiger partial charge on any atom is 0.0640 e. The van der Waals surface area contributed by atoms with Crippen LogP contribution in [0.25, 0.3) is 0 Å². The number of rotatable bonds is 6. The molecular formula is C14H18ClN3O. The molecule has 1 heterocycles. The van der Waals surface area contributed by atoms with Crippen molar-refractivity contribution in [2.75, 3.05) is 6.61 Å². The Morgan fingerprint density at radius 1 is 1.37 bits per heavy atom. The molecule has 0 unspecified atom stereocenters. The number of aliphatic hydroxyl groups excluding tert-OH is 1. The fourth-order valence-electron chi connectivity index (χ4n) is 1.86. The maximum absolute atomic E-state index is 8.83. The lowest BCUT2D eigenvalue weighted by Gasteiger charge is -2.13. The molecule has 0 saturated carbocycles. The van der Waals surface area contributed by atoms with Gasteiger partial charge in [0.05, 0.1) is 19.3 Å². The van der Waals surface area contributed by atoms with Crippen molar-refractivity contribution in [1.29, 1.82) is 0 Å². The molecule has 0 aliphatic heterocycles. The summed E-state index contributed by atoms with van der Waals surface area (Å²) in [7, 11) is 0. The second-order valence-corrected chi connectivity index (χ2v) is 4.93. The quantitative estimate of drug-likeness (QED) is 0.854. The minimum Gasteiger partial charge on any atom is -0.394 e. The van der Waals surface area contributed by atoms with Gasteiger partial charge in [-0.2, -0.15) is 5.10 Å². The number of aliphatic hydroxyl groups is 1. The highest BCUT2D eigenvalue weighted by Gasteiger charge is 2.05. The Morgan fingerprint density at radius 2 is 2.11 bits per heavy atom. The molecule has 5 heteroatoms. The standard InChI is InChI=1S/C14H18ClN3O/c1-11(13-2-4-14(15)5-3-13)16-8-12-9-17-18(10-12)6-7-19/h2-5,9-11,16,19H,6-8H2,1H3/t11-/m1/s1. The molecule has 1 atom stereocenters. The van der Waals surface area contributed by atoms with Crippen LogP contribution < -0.4 is 5.32 Å². The summed E-state index contributed by atoms with van der Waals surface area (Å²) in [5.74, 6) is 0. The van der Waals surface area contributed by atoms with E-state index >= 15 is 0 Å². The van der Waals surface area contributed by atoms with Crippen LogP contribution in [-0.4, -0.2) is 21.5 Å². The monoisotopic (exact) mass is 279 g/mol. The highest BCUT2D eigenvalue weighted by atomic mass is 35.5. The smallest absolute Gasteiger partial charge is 0.0640 e. The molecular weight excluding hydrogens is 262 g/mol. The average Bonchev–Trinajstić information content (AvgIpc) is 2.85. The van der Waals surface area contributed by atoms with Gasteiger partial charge in [-0.05, 0) is 24.6 Å². The van der Waals surface area contributed by atoms with Crippen LogP contribution in [0.15, 0.2) is 36.7 Å². The van der Waals surface area contributed by atoms with Crippen molar-refractivity contribution >= 4 is 11.6 Å². The van der Waals surface area contributed by atoms with Gasteiger partial charge in [0.2, 0.25) is 0 Å². The van der Waals surface area contributed by atoms with Crippen LogP contribution in [-0.2, 0) is 13.1 Å². The van der Waals surface area contributed by atoms with Crippen molar-refractivity contribution in [2.45, 2.75) is 26.1 Å². The van der Waals surface area contributed by atoms with E-state index < -0.39 is 0 Å². The Morgan fingerprint density at radius 3 is 2.79 bits per heavy atom. The summed E-state index contributed by atoms with van der Waals surface area (Å²) in [5, 5.41) is 17.2. The lowest BCUT2D eigenvalue weighted by Crippen LogP contribution is -2.17. The van der Waals surface area contributed by atoms with Crippen LogP contribution >= 0.6 is 11.6 Å². The largest absolute Gasteiger partial charge is 0.394 e. The predicted molar refractivity (Wildman–Crippen MR) is 76.0 cm³/mol. The predicted octanol–water partition coefficient (Wildman–Crippen LogP) is 2.38. The minimum atomic E-state index is 0.107. The minimum absolute atomic E-state index is 0.107. The number of nitrogens with one attached hydrogen (secondary N) is 1. The van der Waals surface area contributed by atoms with Gasteiger partial charge in [-0.25, -0.2) is 0 Å². The fourth-order valence-corrected chi connectivity index (χ4v) is 1.99. The first kappa shape index (κ1) is 14.1. The van der Waals surface area contributed by atoms with E-state index in [2.05, 4.69) is 17.3 Å². The Balaban J connectivity index is 1.88. The van der Waals surface area contributed by atoms with E-state index in [1.54, 1.807) is 4.68 Å². The van der Waals surface area contributed by atoms with Crippen molar-refractivity contribution in [1.82, 2.24) is 15.1 Å². The van der Waals surface area contributed by atoms with E-state index in [0.717, 1.165) is 17.1 Å². The van der Waals surface area contributed by atoms with Gasteiger partial charge in [0, 0.05) is 29.4 Å². The highest BCUT2D eigenvalue weighted by molar-refractivity contribution is 6.30. The average molecular weight is 280 g/mol. The van der Waals surface area contributed by atoms with Gasteiger partial charge in [-0.15, -0.1) is 0 Å². The number of hydrogen-bond donors (Lipinski definition) is 2. The van der Waals surface area contributed by atoms with E-state index in [1.807, 2.05) is 36.7 Å². The van der Waals surface area contributed by atoms with E-state index in [0.29, 0.717) is 6.54 Å². The molecule has 0 saturated heterocycles. The summed E-state index contributed by atoms with van der Waals surface area (Å²) < 4.78 is 1.74. The molecule has 0 fully saturated rings. The Bertz CT molecular complexity index is 510. The van der Waals surface area contributed by atoms with Crippen LogP contribution in [0.3, 0.4) is 0 Å². The molecule has 0 bridgehead atoms. The molecule has 0 aliphatic rings. The van der Waals surface area contributed by atoms with Crippen molar-refractivity contribution < 1.29 is 5.11 Å². The van der Waals surface area contributed by atoms with Crippen molar-refractivity contribution in [2.24, 2.45) is 0 Å². The Labute approximate surface area is 118 Å². The van der Waals surface area contributed by atoms with Crippen molar-refractivity contribution in [3.8, 4) is 0 Å². The van der Waals surface area contributed by atoms with Crippen LogP contribution in [0.4, 0.5) is 0 Å². The summed E-state index contributed by atoms with van der Waals surface area (Å²) in [5.41, 5.74) is 2.31. The topological polar surface area (TPSA) is 50.1 Å². The lowest BCUT2D eigenvalue weighted by atomic mass is 10.1. The normalized spacial score (nSPS) is 12.6. The molecule has 2 rings (SSSR count). The Kier molecular flexibility index (Phi) is 4.96. The van der Waals surface area contributed by atoms with Crippen molar-refractivity contribution in [3.63, 3.8) is 0 Å². The molecule has 1 aromatic carbocycles. The summed E-state index contributed by atoms with van der Waals surface area (Å²) in [6, 6.07) is 8.09. The van der Waals surface area contributed by atoms with Gasteiger partial charge in [-0.1, -0.05) is 23.7 Å². The van der Waals surface area contributed by atoms with Crippen LogP contribution in [0, 0.1) is 0 Å². The molecule has 0 aliphatic carbocycles. The molecule has 0 spiro atoms. The van der Waals surface area contributed by atoms with Gasteiger partial charge in [-0.3, -0.25) is 4.68 Å². The van der Waals surface area contributed by atoms with Crippen LogP contribution in [0.5, 0.6) is 0 Å². The third-order valence-electron chi connectivity index (χ3n) is 3.00. The molecule has 4 nitrogen and oxygen atoms in total. The lowest BCUT2D eigenvalue weighted by molar-refractivity contribution is 0.269. The number of benzene rings is 1. The van der Waals surface area contributed by atoms with Gasteiger partial charge >= 0.3 is 0 Å². The van der Waals surface area contributed by atoms with Crippen LogP contribution in [0.2, 0.25) is 5.02 Å². The maximum atomic E-state index is 8.83. The molecule has 19 heavy (non-hydrogen) atoms. The third kappa shape index (κ3) is 4.06. The molecule has 1 aromatic heterocycles. The van der Waals surface area contributed by atoms with E-state index in [9.17, 15) is 0 Å². The van der Waals surface area contributed by atoms with Gasteiger partial charge in [0.1, 0.15) is 0 Å². The molecule has 2 aromatic rings. The SMILES string of the molecule is C[C@@H](NCc1cnn(CCO)c1)c1ccc(Cl)cc1. The van der Waals surface area contributed by atoms with Gasteiger partial charge < -0.3 is 10.4 Å². The number of aromatic nitrogens is 2. The number of nitrogens with zero attached hydrogens (tertiary/aromatic N) is 2. The van der Waals surface area contributed by atoms with Crippen molar-refractivity contribution in [3.05, 3.63) is 52.8 Å². The fraction of sp³-hybridized carbons (Fsp3) is 0.357. The van der Waals surface area contributed by atoms with E-state index in [4.69, 9.17) is 16.7 Å². The zero-order valence-corrected chi connectivity index (χ0v) is 11.6. The first-order valence-corrected chi connectivity index (χ1v) is 6.68. The molecule has 102 valence electrons. The zero-order valence-electron chi connectivity index (χ0n) is 10.9. The summed E-state index contributed by atoms with van der Waals surface area (Å²) in [6.07, 6.45) is 3.76. The molecule has 0 radical (unpaired) electrons. The number of hydrogen-bond acceptors (Lipinski definition) is 3. The molecule has 0 amide bonds. The van der Waals surface area contributed by atoms with Gasteiger partial charge in [0.15, 0.2) is 0 Å². The van der Waals surface area contributed by atoms with E-state index in [-0.39, 0.29) is 12.6 Å². The van der Waals surface area contributed by atoms with E-state index in [1.165, 1.54) is 5.56 Å². The zero-order chi connectivity index (χ0) is 13.7. The first-order chi connectivity index (χ1) is 9.19. The second-order valence-electron chi connectivity index (χ2n) is 4.49.